The van der Waals surface area contributed by atoms with Crippen molar-refractivity contribution >= 4 is 43.1 Å². The first-order valence-corrected chi connectivity index (χ1v) is 10.8. The number of hydrogen-bond donors (Lipinski definition) is 0. The van der Waals surface area contributed by atoms with Crippen molar-refractivity contribution in [2.75, 3.05) is 0 Å². The van der Waals surface area contributed by atoms with Gasteiger partial charge in [-0.05, 0) is 30.0 Å². The smallest absolute Gasteiger partial charge is 0.124 e. The molecule has 4 aromatic rings. The Morgan fingerprint density at radius 2 is 1.58 bits per heavy atom. The molecule has 4 heteroatoms. The summed E-state index contributed by atoms with van der Waals surface area (Å²) >= 11 is 3.59. The second kappa shape index (κ2) is 6.43. The lowest BCUT2D eigenvalue weighted by Gasteiger charge is -2.18. The molecule has 0 saturated carbocycles. The second-order valence-electron chi connectivity index (χ2n) is 7.84. The van der Waals surface area contributed by atoms with Crippen molar-refractivity contribution in [3.05, 3.63) is 47.0 Å². The summed E-state index contributed by atoms with van der Waals surface area (Å²) in [5, 5.41) is 2.30. The van der Waals surface area contributed by atoms with Gasteiger partial charge in [0.05, 0.1) is 25.4 Å². The number of rotatable bonds is 4. The minimum atomic E-state index is 0.133. The van der Waals surface area contributed by atoms with Gasteiger partial charge in [0.2, 0.25) is 0 Å². The van der Waals surface area contributed by atoms with E-state index in [0.29, 0.717) is 5.92 Å². The molecule has 0 radical (unpaired) electrons. The Morgan fingerprint density at radius 1 is 0.923 bits per heavy atom. The van der Waals surface area contributed by atoms with Crippen LogP contribution in [0.5, 0.6) is 0 Å². The van der Waals surface area contributed by atoms with E-state index in [9.17, 15) is 0 Å². The fourth-order valence-corrected chi connectivity index (χ4v) is 5.15. The minimum absolute atomic E-state index is 0.133. The predicted octanol–water partition coefficient (Wildman–Crippen LogP) is 7.38. The molecule has 134 valence electrons. The average Bonchev–Trinajstić information content (AvgIpc) is 3.23. The van der Waals surface area contributed by atoms with Crippen molar-refractivity contribution in [3.63, 3.8) is 0 Å². The van der Waals surface area contributed by atoms with Crippen LogP contribution >= 0.6 is 22.7 Å². The summed E-state index contributed by atoms with van der Waals surface area (Å²) in [6.07, 6.45) is 1.09. The normalized spacial score (nSPS) is 12.5. The third-order valence-electron chi connectivity index (χ3n) is 5.18. The molecule has 0 bridgehead atoms. The Labute approximate surface area is 162 Å². The van der Waals surface area contributed by atoms with Crippen molar-refractivity contribution in [1.29, 1.82) is 0 Å². The van der Waals surface area contributed by atoms with Gasteiger partial charge in [-0.3, -0.25) is 0 Å². The zero-order chi connectivity index (χ0) is 18.5. The monoisotopic (exact) mass is 380 g/mol. The lowest BCUT2D eigenvalue weighted by Crippen LogP contribution is -2.14. The molecule has 2 aromatic heterocycles. The van der Waals surface area contributed by atoms with E-state index in [4.69, 9.17) is 9.97 Å². The fraction of sp³-hybridized carbons (Fsp3) is 0.364. The number of fused-ring (bicyclic) bond motifs is 2. The Balaban J connectivity index is 1.76. The summed E-state index contributed by atoms with van der Waals surface area (Å²) in [4.78, 5) is 9.78. The Kier molecular flexibility index (Phi) is 4.36. The quantitative estimate of drug-likeness (QED) is 0.369. The number of thiazole rings is 2. The zero-order valence-corrected chi connectivity index (χ0v) is 17.6. The van der Waals surface area contributed by atoms with Crippen LogP contribution in [0.4, 0.5) is 0 Å². The van der Waals surface area contributed by atoms with Gasteiger partial charge in [-0.25, -0.2) is 9.97 Å². The number of aromatic nitrogens is 2. The molecule has 2 aromatic carbocycles. The third kappa shape index (κ3) is 3.06. The van der Waals surface area contributed by atoms with Gasteiger partial charge in [0.25, 0.3) is 0 Å². The first-order chi connectivity index (χ1) is 12.4. The molecule has 0 aliphatic rings. The van der Waals surface area contributed by atoms with Gasteiger partial charge in [0.15, 0.2) is 0 Å². The van der Waals surface area contributed by atoms with Gasteiger partial charge in [-0.2, -0.15) is 0 Å². The molecular weight excluding hydrogens is 356 g/mol. The third-order valence-corrected chi connectivity index (χ3v) is 7.64. The first-order valence-electron chi connectivity index (χ1n) is 9.19. The van der Waals surface area contributed by atoms with E-state index >= 15 is 0 Å². The van der Waals surface area contributed by atoms with Crippen LogP contribution in [0.3, 0.4) is 0 Å². The molecule has 2 nitrogen and oxygen atoms in total. The average molecular weight is 381 g/mol. The van der Waals surface area contributed by atoms with E-state index in [1.807, 2.05) is 11.3 Å². The van der Waals surface area contributed by atoms with E-state index in [0.717, 1.165) is 22.5 Å². The molecule has 0 atom stereocenters. The molecule has 0 N–H and O–H groups in total. The highest BCUT2D eigenvalue weighted by Gasteiger charge is 2.23. The molecule has 0 unspecified atom stereocenters. The second-order valence-corrected chi connectivity index (χ2v) is 9.90. The molecular formula is C22H24N2S2. The Hall–Kier alpha value is -1.78. The van der Waals surface area contributed by atoms with Crippen LogP contribution in [0.25, 0.3) is 31.0 Å². The highest BCUT2D eigenvalue weighted by molar-refractivity contribution is 7.22. The van der Waals surface area contributed by atoms with Gasteiger partial charge in [-0.1, -0.05) is 58.9 Å². The standard InChI is InChI=1S/C22H24N2S2/c1-6-22(4,5)21-24-17-11-16-18(12-19(17)26-21)25-20(23-16)15-9-7-14(8-10-15)13(2)3/h7-13H,6H2,1-5H3. The van der Waals surface area contributed by atoms with Crippen LogP contribution in [0.1, 0.15) is 57.5 Å². The van der Waals surface area contributed by atoms with Crippen molar-refractivity contribution in [3.8, 4) is 10.6 Å². The molecule has 0 aliphatic heterocycles. The molecule has 0 aliphatic carbocycles. The summed E-state index contributed by atoms with van der Waals surface area (Å²) in [5.41, 5.74) is 4.82. The fourth-order valence-electron chi connectivity index (χ4n) is 2.92. The largest absolute Gasteiger partial charge is 0.241 e. The maximum Gasteiger partial charge on any atom is 0.124 e. The molecule has 0 saturated heterocycles. The van der Waals surface area contributed by atoms with Crippen molar-refractivity contribution in [1.82, 2.24) is 9.97 Å². The van der Waals surface area contributed by atoms with Crippen LogP contribution in [0.2, 0.25) is 0 Å². The Bertz CT molecular complexity index is 1020. The number of benzene rings is 2. The summed E-state index contributed by atoms with van der Waals surface area (Å²) in [5.74, 6) is 0.554. The van der Waals surface area contributed by atoms with Gasteiger partial charge in [-0.15, -0.1) is 22.7 Å². The summed E-state index contributed by atoms with van der Waals surface area (Å²) < 4.78 is 2.50. The van der Waals surface area contributed by atoms with Crippen molar-refractivity contribution in [2.45, 2.75) is 52.4 Å². The van der Waals surface area contributed by atoms with Gasteiger partial charge in [0.1, 0.15) is 5.01 Å². The summed E-state index contributed by atoms with van der Waals surface area (Å²) in [6.45, 7) is 11.2. The van der Waals surface area contributed by atoms with Crippen LogP contribution in [0.15, 0.2) is 36.4 Å². The Morgan fingerprint density at radius 3 is 2.23 bits per heavy atom. The molecule has 0 amide bonds. The summed E-state index contributed by atoms with van der Waals surface area (Å²) in [6, 6.07) is 13.2. The highest BCUT2D eigenvalue weighted by atomic mass is 32.1. The zero-order valence-electron chi connectivity index (χ0n) is 16.0. The van der Waals surface area contributed by atoms with E-state index in [2.05, 4.69) is 71.0 Å². The lowest BCUT2D eigenvalue weighted by molar-refractivity contribution is 0.504. The predicted molar refractivity (Wildman–Crippen MR) is 116 cm³/mol. The maximum atomic E-state index is 4.90. The lowest BCUT2D eigenvalue weighted by atomic mass is 9.91. The van der Waals surface area contributed by atoms with Gasteiger partial charge in [0, 0.05) is 11.0 Å². The highest BCUT2D eigenvalue weighted by Crippen LogP contribution is 2.38. The topological polar surface area (TPSA) is 25.8 Å². The van der Waals surface area contributed by atoms with Gasteiger partial charge >= 0.3 is 0 Å². The van der Waals surface area contributed by atoms with E-state index in [-0.39, 0.29) is 5.41 Å². The first kappa shape index (κ1) is 17.6. The number of nitrogens with zero attached hydrogens (tertiary/aromatic N) is 2. The molecule has 4 rings (SSSR count). The molecule has 2 heterocycles. The van der Waals surface area contributed by atoms with Crippen molar-refractivity contribution in [2.24, 2.45) is 0 Å². The van der Waals surface area contributed by atoms with E-state index < -0.39 is 0 Å². The van der Waals surface area contributed by atoms with Crippen LogP contribution < -0.4 is 0 Å². The van der Waals surface area contributed by atoms with Gasteiger partial charge < -0.3 is 0 Å². The SMILES string of the molecule is CCC(C)(C)c1nc2cc3nc(-c4ccc(C(C)C)cc4)sc3cc2s1. The maximum absolute atomic E-state index is 4.90. The number of hydrogen-bond acceptors (Lipinski definition) is 4. The molecule has 0 spiro atoms. The van der Waals surface area contributed by atoms with E-state index in [1.165, 1.54) is 25.5 Å². The van der Waals surface area contributed by atoms with Crippen LogP contribution in [-0.4, -0.2) is 9.97 Å². The minimum Gasteiger partial charge on any atom is -0.241 e. The van der Waals surface area contributed by atoms with Crippen LogP contribution in [-0.2, 0) is 5.41 Å². The molecule has 0 fully saturated rings. The van der Waals surface area contributed by atoms with Crippen molar-refractivity contribution < 1.29 is 0 Å². The summed E-state index contributed by atoms with van der Waals surface area (Å²) in [7, 11) is 0. The van der Waals surface area contributed by atoms with E-state index in [1.54, 1.807) is 11.3 Å². The van der Waals surface area contributed by atoms with Crippen LogP contribution in [0, 0.1) is 0 Å². The molecule has 26 heavy (non-hydrogen) atoms.